The van der Waals surface area contributed by atoms with Crippen LogP contribution in [0.3, 0.4) is 0 Å². The second-order valence-electron chi connectivity index (χ2n) is 1.07. The first-order valence-corrected chi connectivity index (χ1v) is 1.97. The van der Waals surface area contributed by atoms with Crippen molar-refractivity contribution in [2.75, 3.05) is 12.5 Å². The highest BCUT2D eigenvalue weighted by atomic mass is 35.5. The molecular weight excluding hydrogens is 128 g/mol. The number of aromatic nitrogens is 3. The first-order chi connectivity index (χ1) is 3.43. The molecule has 0 unspecified atom stereocenters. The van der Waals surface area contributed by atoms with E-state index in [1.54, 1.807) is 19.4 Å². The zero-order valence-corrected chi connectivity index (χ0v) is 5.13. The second kappa shape index (κ2) is 3.26. The molecule has 1 aromatic heterocycles. The van der Waals surface area contributed by atoms with E-state index in [9.17, 15) is 0 Å². The van der Waals surface area contributed by atoms with Gasteiger partial charge < -0.3 is 17.8 Å². The van der Waals surface area contributed by atoms with Gasteiger partial charge in [0, 0.05) is 7.05 Å². The average molecular weight is 135 g/mol. The molecule has 8 heavy (non-hydrogen) atoms. The monoisotopic (exact) mass is 134 g/mol. The van der Waals surface area contributed by atoms with Gasteiger partial charge in [-0.1, -0.05) is 0 Å². The van der Waals surface area contributed by atoms with Gasteiger partial charge in [0.25, 0.3) is 0 Å². The Hall–Kier alpha value is -0.770. The summed E-state index contributed by atoms with van der Waals surface area (Å²) in [6, 6.07) is 0. The zero-order chi connectivity index (χ0) is 5.11. The van der Waals surface area contributed by atoms with Crippen molar-refractivity contribution in [1.29, 1.82) is 0 Å². The van der Waals surface area contributed by atoms with Crippen LogP contribution < -0.4 is 17.8 Å². The summed E-state index contributed by atoms with van der Waals surface area (Å²) in [5.41, 5.74) is 2.75. The summed E-state index contributed by atoms with van der Waals surface area (Å²) < 4.78 is 0. The van der Waals surface area contributed by atoms with Gasteiger partial charge in [0.1, 0.15) is 0 Å². The summed E-state index contributed by atoms with van der Waals surface area (Å²) >= 11 is 0. The Bertz CT molecular complexity index is 130. The lowest BCUT2D eigenvalue weighted by Crippen LogP contribution is -3.00. The quantitative estimate of drug-likeness (QED) is 0.435. The normalized spacial score (nSPS) is 7.62. The first kappa shape index (κ1) is 7.23. The van der Waals surface area contributed by atoms with Crippen molar-refractivity contribution in [2.45, 2.75) is 0 Å². The fraction of sp³-hybridized carbons (Fsp3) is 0.333. The molecule has 0 amide bonds. The summed E-state index contributed by atoms with van der Waals surface area (Å²) in [4.78, 5) is 1.51. The third-order valence-electron chi connectivity index (χ3n) is 0.652. The lowest BCUT2D eigenvalue weighted by Gasteiger charge is -1.90. The van der Waals surface area contributed by atoms with E-state index in [2.05, 4.69) is 15.7 Å². The van der Waals surface area contributed by atoms with Crippen LogP contribution >= 0.6 is 0 Å². The minimum atomic E-state index is 0. The molecule has 1 heterocycles. The Morgan fingerprint density at radius 1 is 1.75 bits per heavy atom. The van der Waals surface area contributed by atoms with Crippen LogP contribution in [0.4, 0.5) is 0 Å². The summed E-state index contributed by atoms with van der Waals surface area (Å²) in [7, 11) is 1.77. The van der Waals surface area contributed by atoms with Gasteiger partial charge in [-0.15, -0.1) is 5.10 Å². The third-order valence-corrected chi connectivity index (χ3v) is 0.652. The maximum atomic E-state index is 3.59. The largest absolute Gasteiger partial charge is 1.00 e. The van der Waals surface area contributed by atoms with E-state index < -0.39 is 0 Å². The Morgan fingerprint density at radius 3 is 2.75 bits per heavy atom. The number of halogens is 1. The average Bonchev–Trinajstić information content (AvgIpc) is 2.14. The molecule has 0 saturated carbocycles. The van der Waals surface area contributed by atoms with Gasteiger partial charge >= 0.3 is 1.43 Å². The van der Waals surface area contributed by atoms with E-state index in [4.69, 9.17) is 0 Å². The lowest BCUT2D eigenvalue weighted by atomic mass is 11.0. The number of nitrogens with zero attached hydrogens (tertiary/aromatic N) is 3. The van der Waals surface area contributed by atoms with E-state index in [0.717, 1.165) is 0 Å². The van der Waals surface area contributed by atoms with Crippen LogP contribution in [0.15, 0.2) is 12.4 Å². The molecule has 0 fully saturated rings. The highest BCUT2D eigenvalue weighted by molar-refractivity contribution is 4.66. The summed E-state index contributed by atoms with van der Waals surface area (Å²) in [6.07, 6.45) is 3.33. The van der Waals surface area contributed by atoms with Gasteiger partial charge in [-0.05, 0) is 5.21 Å². The maximum Gasteiger partial charge on any atom is 1.00 e. The molecule has 0 aliphatic heterocycles. The third kappa shape index (κ3) is 1.38. The van der Waals surface area contributed by atoms with Gasteiger partial charge in [-0.25, -0.2) is 0 Å². The predicted molar refractivity (Wildman–Crippen MR) is 26.4 cm³/mol. The Labute approximate surface area is 54.7 Å². The molecule has 0 aliphatic rings. The molecule has 46 valence electrons. The number of rotatable bonds is 1. The van der Waals surface area contributed by atoms with Crippen molar-refractivity contribution in [3.05, 3.63) is 12.4 Å². The minimum Gasteiger partial charge on any atom is -1.00 e. The van der Waals surface area contributed by atoms with Crippen LogP contribution in [0.5, 0.6) is 0 Å². The molecule has 5 heteroatoms. The fourth-order valence-corrected chi connectivity index (χ4v) is 0.327. The minimum absolute atomic E-state index is 0. The molecule has 1 aromatic rings. The summed E-state index contributed by atoms with van der Waals surface area (Å²) in [5.74, 6) is 0. The van der Waals surface area contributed by atoms with Crippen LogP contribution in [0.25, 0.3) is 0 Å². The van der Waals surface area contributed by atoms with E-state index in [0.29, 0.717) is 0 Å². The number of nitrogens with one attached hydrogen (secondary N) is 1. The van der Waals surface area contributed by atoms with Gasteiger partial charge in [-0.2, -0.15) is 4.79 Å². The fourth-order valence-electron chi connectivity index (χ4n) is 0.327. The Balaban J connectivity index is 0. The predicted octanol–water partition coefficient (Wildman–Crippen LogP) is -3.43. The smallest absolute Gasteiger partial charge is 1.00 e. The molecule has 0 spiro atoms. The van der Waals surface area contributed by atoms with E-state index in [1.165, 1.54) is 4.79 Å². The topological polar surface area (TPSA) is 42.7 Å². The molecule has 0 aromatic carbocycles. The van der Waals surface area contributed by atoms with Crippen molar-refractivity contribution in [2.24, 2.45) is 0 Å². The van der Waals surface area contributed by atoms with Gasteiger partial charge in [0.2, 0.25) is 0 Å². The first-order valence-electron chi connectivity index (χ1n) is 1.97. The Morgan fingerprint density at radius 2 is 2.50 bits per heavy atom. The van der Waals surface area contributed by atoms with E-state index in [1.807, 2.05) is 0 Å². The van der Waals surface area contributed by atoms with Crippen LogP contribution in [-0.2, 0) is 0 Å². The molecule has 0 saturated heterocycles. The molecule has 0 aliphatic carbocycles. The number of hydrogen-bond acceptors (Lipinski definition) is 3. The van der Waals surface area contributed by atoms with Crippen molar-refractivity contribution in [3.8, 4) is 0 Å². The van der Waals surface area contributed by atoms with Crippen LogP contribution in [0, 0.1) is 0 Å². The standard InChI is InChI=1S/C3H6N4.ClH/c1-4-7-3-2-5-6-7;/h2-4H,1H3;1H. The van der Waals surface area contributed by atoms with Crippen molar-refractivity contribution in [1.82, 2.24) is 15.1 Å². The van der Waals surface area contributed by atoms with E-state index >= 15 is 0 Å². The maximum absolute atomic E-state index is 3.59. The van der Waals surface area contributed by atoms with Crippen LogP contribution in [0.2, 0.25) is 0 Å². The molecule has 4 nitrogen and oxygen atoms in total. The molecule has 1 N–H and O–H groups in total. The molecule has 0 radical (unpaired) electrons. The summed E-state index contributed by atoms with van der Waals surface area (Å²) in [5, 5.41) is 7.13. The van der Waals surface area contributed by atoms with Crippen LogP contribution in [-0.4, -0.2) is 22.2 Å². The molecule has 1 rings (SSSR count). The molecular formula is C3H7ClN4. The highest BCUT2D eigenvalue weighted by Crippen LogP contribution is 1.67. The molecule has 0 atom stereocenters. The Kier molecular flexibility index (Phi) is 2.95. The van der Waals surface area contributed by atoms with Gasteiger partial charge in [0.05, 0.1) is 12.4 Å². The van der Waals surface area contributed by atoms with Gasteiger partial charge in [0.15, 0.2) is 0 Å². The van der Waals surface area contributed by atoms with Crippen molar-refractivity contribution < 1.29 is 13.8 Å². The van der Waals surface area contributed by atoms with E-state index in [-0.39, 0.29) is 13.8 Å². The van der Waals surface area contributed by atoms with Crippen LogP contribution in [0.1, 0.15) is 1.43 Å². The number of hydrogen-bond donors (Lipinski definition) is 1. The highest BCUT2D eigenvalue weighted by Gasteiger charge is 1.76. The SMILES string of the molecule is CNn1ccnn1.[Cl-].[H+]. The summed E-state index contributed by atoms with van der Waals surface area (Å²) in [6.45, 7) is 0. The second-order valence-corrected chi connectivity index (χ2v) is 1.07. The zero-order valence-electron chi connectivity index (χ0n) is 5.37. The van der Waals surface area contributed by atoms with Crippen molar-refractivity contribution in [3.63, 3.8) is 0 Å². The van der Waals surface area contributed by atoms with Gasteiger partial charge in [-0.3, -0.25) is 0 Å². The lowest BCUT2D eigenvalue weighted by molar-refractivity contribution is -0.00000161. The molecule has 0 bridgehead atoms. The van der Waals surface area contributed by atoms with Crippen molar-refractivity contribution >= 4 is 0 Å².